The number of ether oxygens (including phenoxy) is 2. The molecule has 1 saturated carbocycles. The van der Waals surface area contributed by atoms with Gasteiger partial charge in [-0.1, -0.05) is 72.6 Å². The first-order valence-corrected chi connectivity index (χ1v) is 18.8. The third kappa shape index (κ3) is 12.5. The Morgan fingerprint density at radius 3 is 2.14 bits per heavy atom. The Morgan fingerprint density at radius 1 is 0.960 bits per heavy atom. The van der Waals surface area contributed by atoms with Crippen molar-refractivity contribution in [3.05, 3.63) is 83.1 Å². The Morgan fingerprint density at radius 2 is 1.60 bits per heavy atom. The molecule has 0 atom stereocenters. The number of phenolic OH excluding ortho intramolecular Hbond substituents is 2. The molecule has 0 amide bonds. The Balaban J connectivity index is 0.000000321. The lowest BCUT2D eigenvalue weighted by atomic mass is 9.94. The van der Waals surface area contributed by atoms with Gasteiger partial charge in [0, 0.05) is 24.8 Å². The van der Waals surface area contributed by atoms with Crippen LogP contribution in [0.1, 0.15) is 115 Å². The van der Waals surface area contributed by atoms with E-state index in [2.05, 4.69) is 59.9 Å². The van der Waals surface area contributed by atoms with Gasteiger partial charge in [0.15, 0.2) is 11.5 Å². The Labute approximate surface area is 303 Å². The molecule has 7 nitrogen and oxygen atoms in total. The Hall–Kier alpha value is -3.81. The highest BCUT2D eigenvalue weighted by Crippen LogP contribution is 2.45. The smallest absolute Gasteiger partial charge is 0.200 e. The first kappa shape index (κ1) is 42.4. The second kappa shape index (κ2) is 22.8. The normalized spacial score (nSPS) is 14.0. The number of phenols is 2. The molecule has 0 bridgehead atoms. The fourth-order valence-corrected chi connectivity index (χ4v) is 6.21. The van der Waals surface area contributed by atoms with E-state index in [0.29, 0.717) is 23.2 Å². The van der Waals surface area contributed by atoms with Crippen LogP contribution in [0.4, 0.5) is 0 Å². The molecular formula is C43H65N3O4. The van der Waals surface area contributed by atoms with Crippen LogP contribution in [-0.2, 0) is 13.0 Å². The summed E-state index contributed by atoms with van der Waals surface area (Å²) in [6.07, 6.45) is 13.3. The van der Waals surface area contributed by atoms with Crippen LogP contribution < -0.4 is 14.8 Å². The predicted octanol–water partition coefficient (Wildman–Crippen LogP) is 10.3. The molecule has 3 N–H and O–H groups in total. The first-order valence-electron chi connectivity index (χ1n) is 18.8. The first-order chi connectivity index (χ1) is 24.3. The third-order valence-electron chi connectivity index (χ3n) is 8.71. The van der Waals surface area contributed by atoms with E-state index < -0.39 is 0 Å². The average Bonchev–Trinajstić information content (AvgIpc) is 3.86. The van der Waals surface area contributed by atoms with E-state index in [-0.39, 0.29) is 5.75 Å². The monoisotopic (exact) mass is 687 g/mol. The van der Waals surface area contributed by atoms with Gasteiger partial charge in [-0.3, -0.25) is 9.88 Å². The molecule has 2 aromatic carbocycles. The molecule has 2 fully saturated rings. The molecule has 276 valence electrons. The summed E-state index contributed by atoms with van der Waals surface area (Å²) in [5.41, 5.74) is 8.88. The summed E-state index contributed by atoms with van der Waals surface area (Å²) in [7, 11) is 4.96. The maximum atomic E-state index is 10.6. The molecule has 0 spiro atoms. The van der Waals surface area contributed by atoms with Crippen LogP contribution in [0, 0.1) is 0 Å². The van der Waals surface area contributed by atoms with Crippen molar-refractivity contribution in [3.8, 4) is 34.3 Å². The second-order valence-electron chi connectivity index (χ2n) is 12.5. The van der Waals surface area contributed by atoms with Crippen molar-refractivity contribution in [2.24, 2.45) is 0 Å². The fraction of sp³-hybridized carbons (Fsp3) is 0.512. The lowest BCUT2D eigenvalue weighted by Crippen LogP contribution is -2.18. The number of aromatic nitrogens is 1. The number of likely N-dealkylation sites (N-methyl/N-ethyl adjacent to an activating group) is 1. The van der Waals surface area contributed by atoms with Gasteiger partial charge in [-0.15, -0.1) is 0 Å². The zero-order chi connectivity index (χ0) is 37.1. The molecule has 0 radical (unpaired) electrons. The minimum Gasteiger partial charge on any atom is -0.508 e. The number of allylic oxidation sites excluding steroid dienone is 2. The van der Waals surface area contributed by atoms with Crippen LogP contribution in [0.25, 0.3) is 16.8 Å². The number of nitrogens with one attached hydrogen (secondary N) is 1. The Bertz CT molecular complexity index is 1460. The molecule has 5 rings (SSSR count). The van der Waals surface area contributed by atoms with Gasteiger partial charge in [0.25, 0.3) is 0 Å². The van der Waals surface area contributed by atoms with E-state index in [1.165, 1.54) is 69.7 Å². The van der Waals surface area contributed by atoms with Gasteiger partial charge >= 0.3 is 0 Å². The molecule has 2 aliphatic rings. The van der Waals surface area contributed by atoms with Gasteiger partial charge < -0.3 is 25.0 Å². The van der Waals surface area contributed by atoms with Crippen LogP contribution >= 0.6 is 0 Å². The zero-order valence-electron chi connectivity index (χ0n) is 32.5. The number of nitrogens with zero attached hydrogens (tertiary/aromatic N) is 2. The highest BCUT2D eigenvalue weighted by atomic mass is 16.5. The standard InChI is InChI=1S/C22H28N2O.C17H25NO3.2C2H6/c1-2-5-19-20(17-6-7-17)13-18(14-22(19)25)21-12-16(8-9-23-21)15-24-10-3-4-11-24;1-6-7-13(11-18-3)8-12(2)14-9-15(20-4)17(19)16(10-14)21-5;2*1-2/h8-9,12-14,17,25H,2-7,10-11,15H2,1H3;8-10,18-19H,2,6-7,11H2,1,3-5H3;2*1-2H3/b;13-8+;;. The van der Waals surface area contributed by atoms with Gasteiger partial charge in [0.2, 0.25) is 5.75 Å². The summed E-state index contributed by atoms with van der Waals surface area (Å²) in [6, 6.07) is 12.0. The van der Waals surface area contributed by atoms with Crippen molar-refractivity contribution in [1.29, 1.82) is 0 Å². The molecule has 7 heteroatoms. The van der Waals surface area contributed by atoms with Gasteiger partial charge in [-0.25, -0.2) is 0 Å². The predicted molar refractivity (Wildman–Crippen MR) is 212 cm³/mol. The van der Waals surface area contributed by atoms with Crippen molar-refractivity contribution in [2.45, 2.75) is 105 Å². The molecule has 50 heavy (non-hydrogen) atoms. The number of methoxy groups -OCH3 is 2. The highest BCUT2D eigenvalue weighted by molar-refractivity contribution is 5.76. The van der Waals surface area contributed by atoms with Gasteiger partial charge in [0.05, 0.1) is 19.9 Å². The van der Waals surface area contributed by atoms with Crippen molar-refractivity contribution in [2.75, 3.05) is 40.9 Å². The SMILES string of the molecule is C=C(/C=C(\CCC)CNC)c1cc(OC)c(O)c(OC)c1.CC.CC.CCCc1c(O)cc(-c2cc(CN3CCCC3)ccn2)cc1C1CC1. The highest BCUT2D eigenvalue weighted by Gasteiger charge is 2.28. The lowest BCUT2D eigenvalue weighted by molar-refractivity contribution is 0.331. The van der Waals surface area contributed by atoms with Gasteiger partial charge in [-0.2, -0.15) is 0 Å². The lowest BCUT2D eigenvalue weighted by Gasteiger charge is -2.16. The van der Waals surface area contributed by atoms with Crippen LogP contribution in [0.2, 0.25) is 0 Å². The van der Waals surface area contributed by atoms with E-state index in [0.717, 1.165) is 66.7 Å². The summed E-state index contributed by atoms with van der Waals surface area (Å²) in [5, 5.41) is 23.7. The van der Waals surface area contributed by atoms with Crippen molar-refractivity contribution in [1.82, 2.24) is 15.2 Å². The minimum absolute atomic E-state index is 0.00420. The number of hydrogen-bond acceptors (Lipinski definition) is 7. The van der Waals surface area contributed by atoms with Crippen molar-refractivity contribution in [3.63, 3.8) is 0 Å². The quantitative estimate of drug-likeness (QED) is 0.145. The average molecular weight is 688 g/mol. The molecule has 1 aliphatic heterocycles. The van der Waals surface area contributed by atoms with Crippen LogP contribution in [0.15, 0.2) is 60.8 Å². The molecule has 1 aromatic heterocycles. The maximum Gasteiger partial charge on any atom is 0.200 e. The van der Waals surface area contributed by atoms with E-state index >= 15 is 0 Å². The topological polar surface area (TPSA) is 87.1 Å². The molecule has 0 unspecified atom stereocenters. The fourth-order valence-electron chi connectivity index (χ4n) is 6.21. The number of benzene rings is 2. The van der Waals surface area contributed by atoms with Gasteiger partial charge in [0.1, 0.15) is 5.75 Å². The van der Waals surface area contributed by atoms with Crippen LogP contribution in [-0.4, -0.2) is 61.0 Å². The summed E-state index contributed by atoms with van der Waals surface area (Å²) in [6.45, 7) is 20.7. The largest absolute Gasteiger partial charge is 0.508 e. The minimum atomic E-state index is 0.00420. The van der Waals surface area contributed by atoms with E-state index in [1.807, 2.05) is 47.0 Å². The van der Waals surface area contributed by atoms with Crippen LogP contribution in [0.3, 0.4) is 0 Å². The molecule has 1 aliphatic carbocycles. The summed E-state index contributed by atoms with van der Waals surface area (Å²) < 4.78 is 10.3. The number of aromatic hydroxyl groups is 2. The van der Waals surface area contributed by atoms with Crippen molar-refractivity contribution >= 4 is 5.57 Å². The van der Waals surface area contributed by atoms with E-state index in [9.17, 15) is 10.2 Å². The number of rotatable bonds is 14. The number of hydrogen-bond donors (Lipinski definition) is 3. The Kier molecular flexibility index (Phi) is 19.3. The summed E-state index contributed by atoms with van der Waals surface area (Å²) in [4.78, 5) is 7.10. The van der Waals surface area contributed by atoms with E-state index in [4.69, 9.17) is 9.47 Å². The maximum absolute atomic E-state index is 10.6. The number of likely N-dealkylation sites (tertiary alicyclic amines) is 1. The molecule has 2 heterocycles. The summed E-state index contributed by atoms with van der Waals surface area (Å²) in [5.74, 6) is 1.85. The van der Waals surface area contributed by atoms with Crippen LogP contribution in [0.5, 0.6) is 23.0 Å². The zero-order valence-corrected chi connectivity index (χ0v) is 32.5. The molecule has 1 saturated heterocycles. The molecular weight excluding hydrogens is 622 g/mol. The van der Waals surface area contributed by atoms with Gasteiger partial charge in [-0.05, 0) is 129 Å². The van der Waals surface area contributed by atoms with Crippen molar-refractivity contribution < 1.29 is 19.7 Å². The summed E-state index contributed by atoms with van der Waals surface area (Å²) >= 11 is 0. The number of pyridine rings is 1. The second-order valence-corrected chi connectivity index (χ2v) is 12.5. The third-order valence-corrected chi connectivity index (χ3v) is 8.71. The van der Waals surface area contributed by atoms with E-state index in [1.54, 1.807) is 12.1 Å². The molecule has 3 aromatic rings.